The van der Waals surface area contributed by atoms with Crippen LogP contribution in [0.1, 0.15) is 33.6 Å². The first kappa shape index (κ1) is 12.9. The molecule has 0 fully saturated rings. The lowest BCUT2D eigenvalue weighted by molar-refractivity contribution is 0.0961. The van der Waals surface area contributed by atoms with Crippen molar-refractivity contribution in [3.05, 3.63) is 0 Å². The van der Waals surface area contributed by atoms with Gasteiger partial charge in [-0.25, -0.2) is 0 Å². The van der Waals surface area contributed by atoms with Gasteiger partial charge in [0.1, 0.15) is 0 Å². The molecule has 0 amide bonds. The topological polar surface area (TPSA) is 52.5 Å². The van der Waals surface area contributed by atoms with E-state index in [0.717, 1.165) is 12.8 Å². The smallest absolute Gasteiger partial charge is 0.0692 e. The van der Waals surface area contributed by atoms with Crippen LogP contribution in [-0.2, 0) is 0 Å². The van der Waals surface area contributed by atoms with Crippen molar-refractivity contribution in [1.82, 2.24) is 5.32 Å². The van der Waals surface area contributed by atoms with Crippen LogP contribution in [0.2, 0.25) is 0 Å². The Morgan fingerprint density at radius 3 is 2.00 bits per heavy atom. The Morgan fingerprint density at radius 1 is 1.08 bits per heavy atom. The molecule has 0 spiro atoms. The van der Waals surface area contributed by atoms with Gasteiger partial charge in [-0.05, 0) is 12.8 Å². The highest BCUT2D eigenvalue weighted by molar-refractivity contribution is 4.69. The molecule has 0 saturated carbocycles. The van der Waals surface area contributed by atoms with Crippen LogP contribution in [0, 0.1) is 5.92 Å². The minimum Gasteiger partial charge on any atom is -0.392 e. The van der Waals surface area contributed by atoms with Gasteiger partial charge in [0.15, 0.2) is 0 Å². The SMILES string of the molecule is CCC(CC)C(O)CNC[C@@H](C)O. The van der Waals surface area contributed by atoms with Gasteiger partial charge in [-0.3, -0.25) is 0 Å². The number of hydrogen-bond acceptors (Lipinski definition) is 3. The highest BCUT2D eigenvalue weighted by atomic mass is 16.3. The van der Waals surface area contributed by atoms with E-state index in [-0.39, 0.29) is 12.2 Å². The monoisotopic (exact) mass is 189 g/mol. The Morgan fingerprint density at radius 2 is 1.62 bits per heavy atom. The molecule has 0 aliphatic heterocycles. The summed E-state index contributed by atoms with van der Waals surface area (Å²) in [5, 5.41) is 21.7. The molecule has 0 aliphatic carbocycles. The number of aliphatic hydroxyl groups excluding tert-OH is 2. The standard InChI is InChI=1S/C10H23NO2/c1-4-9(5-2)10(13)7-11-6-8(3)12/h8-13H,4-7H2,1-3H3/t8-,10?/m1/s1. The highest BCUT2D eigenvalue weighted by Gasteiger charge is 2.14. The van der Waals surface area contributed by atoms with Gasteiger partial charge in [-0.1, -0.05) is 26.7 Å². The summed E-state index contributed by atoms with van der Waals surface area (Å²) in [7, 11) is 0. The molecule has 0 saturated heterocycles. The predicted molar refractivity (Wildman–Crippen MR) is 54.6 cm³/mol. The summed E-state index contributed by atoms with van der Waals surface area (Å²) in [6.07, 6.45) is 1.39. The molecular weight excluding hydrogens is 166 g/mol. The molecule has 0 aromatic carbocycles. The second-order valence-corrected chi connectivity index (χ2v) is 3.65. The first-order valence-corrected chi connectivity index (χ1v) is 5.18. The summed E-state index contributed by atoms with van der Waals surface area (Å²) >= 11 is 0. The molecule has 13 heavy (non-hydrogen) atoms. The van der Waals surface area contributed by atoms with E-state index in [4.69, 9.17) is 5.11 Å². The van der Waals surface area contributed by atoms with Crippen LogP contribution >= 0.6 is 0 Å². The van der Waals surface area contributed by atoms with Crippen LogP contribution in [-0.4, -0.2) is 35.5 Å². The molecule has 1 unspecified atom stereocenters. The molecule has 0 rings (SSSR count). The van der Waals surface area contributed by atoms with Crippen molar-refractivity contribution in [2.75, 3.05) is 13.1 Å². The normalized spacial score (nSPS) is 16.2. The third kappa shape index (κ3) is 6.02. The van der Waals surface area contributed by atoms with Crippen molar-refractivity contribution in [3.63, 3.8) is 0 Å². The first-order valence-electron chi connectivity index (χ1n) is 5.18. The molecule has 0 bridgehead atoms. The molecule has 0 aromatic heterocycles. The zero-order valence-corrected chi connectivity index (χ0v) is 8.95. The van der Waals surface area contributed by atoms with Gasteiger partial charge in [0.2, 0.25) is 0 Å². The molecule has 80 valence electrons. The van der Waals surface area contributed by atoms with Gasteiger partial charge in [-0.2, -0.15) is 0 Å². The van der Waals surface area contributed by atoms with Gasteiger partial charge in [-0.15, -0.1) is 0 Å². The van der Waals surface area contributed by atoms with E-state index in [1.807, 2.05) is 0 Å². The largest absolute Gasteiger partial charge is 0.392 e. The third-order valence-electron chi connectivity index (χ3n) is 2.39. The van der Waals surface area contributed by atoms with Gasteiger partial charge in [0.25, 0.3) is 0 Å². The maximum absolute atomic E-state index is 9.68. The van der Waals surface area contributed by atoms with Crippen LogP contribution in [0.15, 0.2) is 0 Å². The number of aliphatic hydroxyl groups is 2. The van der Waals surface area contributed by atoms with Crippen molar-refractivity contribution < 1.29 is 10.2 Å². The Hall–Kier alpha value is -0.120. The quantitative estimate of drug-likeness (QED) is 0.554. The summed E-state index contributed by atoms with van der Waals surface area (Å²) in [5.74, 6) is 0.376. The van der Waals surface area contributed by atoms with Crippen molar-refractivity contribution in [1.29, 1.82) is 0 Å². The lowest BCUT2D eigenvalue weighted by Gasteiger charge is -2.20. The minimum atomic E-state index is -0.339. The lowest BCUT2D eigenvalue weighted by atomic mass is 9.96. The number of hydrogen-bond donors (Lipinski definition) is 3. The van der Waals surface area contributed by atoms with E-state index >= 15 is 0 Å². The maximum atomic E-state index is 9.68. The molecule has 0 heterocycles. The fraction of sp³-hybridized carbons (Fsp3) is 1.00. The van der Waals surface area contributed by atoms with Gasteiger partial charge >= 0.3 is 0 Å². The second-order valence-electron chi connectivity index (χ2n) is 3.65. The highest BCUT2D eigenvalue weighted by Crippen LogP contribution is 2.11. The lowest BCUT2D eigenvalue weighted by Crippen LogP contribution is -2.35. The fourth-order valence-corrected chi connectivity index (χ4v) is 1.44. The Balaban J connectivity index is 3.53. The van der Waals surface area contributed by atoms with E-state index in [1.165, 1.54) is 0 Å². The molecule has 3 N–H and O–H groups in total. The summed E-state index contributed by atoms with van der Waals surface area (Å²) < 4.78 is 0. The minimum absolute atomic E-state index is 0.284. The Labute approximate surface area is 81.2 Å². The van der Waals surface area contributed by atoms with Gasteiger partial charge < -0.3 is 15.5 Å². The molecule has 3 nitrogen and oxygen atoms in total. The van der Waals surface area contributed by atoms with Gasteiger partial charge in [0, 0.05) is 13.1 Å². The number of rotatable bonds is 7. The van der Waals surface area contributed by atoms with Crippen molar-refractivity contribution >= 4 is 0 Å². The summed E-state index contributed by atoms with van der Waals surface area (Å²) in [6.45, 7) is 7.04. The van der Waals surface area contributed by atoms with Crippen molar-refractivity contribution in [3.8, 4) is 0 Å². The van der Waals surface area contributed by atoms with Crippen LogP contribution in [0.4, 0.5) is 0 Å². The van der Waals surface area contributed by atoms with E-state index in [2.05, 4.69) is 19.2 Å². The third-order valence-corrected chi connectivity index (χ3v) is 2.39. The van der Waals surface area contributed by atoms with Gasteiger partial charge in [0.05, 0.1) is 12.2 Å². The average Bonchev–Trinajstić information content (AvgIpc) is 2.05. The fourth-order valence-electron chi connectivity index (χ4n) is 1.44. The number of nitrogens with one attached hydrogen (secondary N) is 1. The van der Waals surface area contributed by atoms with Crippen LogP contribution in [0.5, 0.6) is 0 Å². The summed E-state index contributed by atoms with van der Waals surface area (Å²) in [5.41, 5.74) is 0. The van der Waals surface area contributed by atoms with E-state index in [1.54, 1.807) is 6.92 Å². The molecular formula is C10H23NO2. The maximum Gasteiger partial charge on any atom is 0.0692 e. The van der Waals surface area contributed by atoms with E-state index in [9.17, 15) is 5.11 Å². The van der Waals surface area contributed by atoms with Crippen LogP contribution in [0.3, 0.4) is 0 Å². The first-order chi connectivity index (χ1) is 6.11. The van der Waals surface area contributed by atoms with E-state index in [0.29, 0.717) is 19.0 Å². The molecule has 2 atom stereocenters. The predicted octanol–water partition coefficient (Wildman–Crippen LogP) is 0.754. The molecule has 0 aromatic rings. The van der Waals surface area contributed by atoms with Crippen molar-refractivity contribution in [2.24, 2.45) is 5.92 Å². The molecule has 0 aliphatic rings. The average molecular weight is 189 g/mol. The molecule has 3 heteroatoms. The van der Waals surface area contributed by atoms with Crippen molar-refractivity contribution in [2.45, 2.75) is 45.8 Å². The summed E-state index contributed by atoms with van der Waals surface area (Å²) in [6, 6.07) is 0. The zero-order chi connectivity index (χ0) is 10.3. The molecule has 0 radical (unpaired) electrons. The zero-order valence-electron chi connectivity index (χ0n) is 8.95. The second kappa shape index (κ2) is 7.30. The van der Waals surface area contributed by atoms with E-state index < -0.39 is 0 Å². The Kier molecular flexibility index (Phi) is 7.23. The van der Waals surface area contributed by atoms with Crippen LogP contribution < -0.4 is 5.32 Å². The van der Waals surface area contributed by atoms with Crippen LogP contribution in [0.25, 0.3) is 0 Å². The summed E-state index contributed by atoms with van der Waals surface area (Å²) in [4.78, 5) is 0. The Bertz CT molecular complexity index is 113.